The first kappa shape index (κ1) is 14.5. The Balaban J connectivity index is 2.38. The molecular formula is C15H13FN2O3. The van der Waals surface area contributed by atoms with Gasteiger partial charge in [-0.1, -0.05) is 0 Å². The van der Waals surface area contributed by atoms with E-state index in [0.29, 0.717) is 11.5 Å². The highest BCUT2D eigenvalue weighted by atomic mass is 19.1. The van der Waals surface area contributed by atoms with Crippen molar-refractivity contribution in [3.8, 4) is 29.1 Å². The third-order valence-electron chi connectivity index (χ3n) is 2.80. The molecule has 0 aliphatic carbocycles. The summed E-state index contributed by atoms with van der Waals surface area (Å²) in [6, 6.07) is 8.78. The van der Waals surface area contributed by atoms with Crippen LogP contribution in [0.5, 0.6) is 23.0 Å². The van der Waals surface area contributed by atoms with E-state index in [1.165, 1.54) is 38.5 Å². The normalized spacial score (nSPS) is 9.81. The van der Waals surface area contributed by atoms with Crippen LogP contribution in [0.4, 0.5) is 10.1 Å². The van der Waals surface area contributed by atoms with E-state index in [4.69, 9.17) is 25.2 Å². The van der Waals surface area contributed by atoms with Crippen LogP contribution in [0.25, 0.3) is 0 Å². The van der Waals surface area contributed by atoms with E-state index >= 15 is 0 Å². The number of benzene rings is 2. The van der Waals surface area contributed by atoms with E-state index in [1.807, 2.05) is 6.07 Å². The number of nitrogens with two attached hydrogens (primary N) is 1. The number of ether oxygens (including phenoxy) is 3. The molecule has 2 N–H and O–H groups in total. The third-order valence-corrected chi connectivity index (χ3v) is 2.80. The van der Waals surface area contributed by atoms with Gasteiger partial charge in [-0.25, -0.2) is 4.39 Å². The summed E-state index contributed by atoms with van der Waals surface area (Å²) in [5.41, 5.74) is 6.32. The van der Waals surface area contributed by atoms with Crippen molar-refractivity contribution < 1.29 is 18.6 Å². The van der Waals surface area contributed by atoms with Crippen LogP contribution in [-0.2, 0) is 0 Å². The molecule has 0 saturated carbocycles. The summed E-state index contributed by atoms with van der Waals surface area (Å²) in [7, 11) is 2.96. The Morgan fingerprint density at radius 3 is 2.24 bits per heavy atom. The lowest BCUT2D eigenvalue weighted by Gasteiger charge is -2.13. The van der Waals surface area contributed by atoms with E-state index in [-0.39, 0.29) is 22.7 Å². The van der Waals surface area contributed by atoms with Gasteiger partial charge in [0.1, 0.15) is 0 Å². The van der Waals surface area contributed by atoms with Gasteiger partial charge in [-0.05, 0) is 18.2 Å². The van der Waals surface area contributed by atoms with Crippen LogP contribution >= 0.6 is 0 Å². The highest BCUT2D eigenvalue weighted by Gasteiger charge is 2.13. The SMILES string of the molecule is COc1cc(N)c(Oc2ccc(C#N)cc2F)cc1OC. The zero-order chi connectivity index (χ0) is 15.4. The van der Waals surface area contributed by atoms with Gasteiger partial charge in [-0.2, -0.15) is 5.26 Å². The molecule has 0 aromatic heterocycles. The van der Waals surface area contributed by atoms with Gasteiger partial charge < -0.3 is 19.9 Å². The molecular weight excluding hydrogens is 275 g/mol. The molecule has 0 heterocycles. The molecule has 108 valence electrons. The van der Waals surface area contributed by atoms with Gasteiger partial charge >= 0.3 is 0 Å². The van der Waals surface area contributed by atoms with E-state index in [2.05, 4.69) is 0 Å². The van der Waals surface area contributed by atoms with Crippen molar-refractivity contribution in [3.05, 3.63) is 41.7 Å². The van der Waals surface area contributed by atoms with E-state index in [0.717, 1.165) is 6.07 Å². The molecule has 0 atom stereocenters. The highest BCUT2D eigenvalue weighted by Crippen LogP contribution is 2.38. The molecule has 0 unspecified atom stereocenters. The fourth-order valence-electron chi connectivity index (χ4n) is 1.74. The number of anilines is 1. The predicted octanol–water partition coefficient (Wildman–Crippen LogP) is 3.09. The monoisotopic (exact) mass is 288 g/mol. The number of methoxy groups -OCH3 is 2. The standard InChI is InChI=1S/C15H13FN2O3/c1-19-14-6-11(18)13(7-15(14)20-2)21-12-4-3-9(8-17)5-10(12)16/h3-7H,18H2,1-2H3. The fraction of sp³-hybridized carbons (Fsp3) is 0.133. The number of rotatable bonds is 4. The van der Waals surface area contributed by atoms with Crippen molar-refractivity contribution in [1.29, 1.82) is 5.26 Å². The Bertz CT molecular complexity index is 711. The lowest BCUT2D eigenvalue weighted by molar-refractivity contribution is 0.352. The Hall–Kier alpha value is -2.94. The molecule has 0 aliphatic rings. The van der Waals surface area contributed by atoms with Crippen molar-refractivity contribution in [1.82, 2.24) is 0 Å². The third kappa shape index (κ3) is 2.98. The molecule has 0 radical (unpaired) electrons. The molecule has 0 amide bonds. The molecule has 0 bridgehead atoms. The van der Waals surface area contributed by atoms with Crippen LogP contribution in [0, 0.1) is 17.1 Å². The molecule has 2 rings (SSSR count). The van der Waals surface area contributed by atoms with Crippen LogP contribution in [-0.4, -0.2) is 14.2 Å². The minimum atomic E-state index is -0.650. The minimum absolute atomic E-state index is 0.0343. The van der Waals surface area contributed by atoms with Crippen LogP contribution in [0.15, 0.2) is 30.3 Å². The van der Waals surface area contributed by atoms with Crippen molar-refractivity contribution in [2.45, 2.75) is 0 Å². The summed E-state index contributed by atoms with van der Waals surface area (Å²) in [5, 5.41) is 8.70. The van der Waals surface area contributed by atoms with Gasteiger partial charge in [0.15, 0.2) is 28.8 Å². The summed E-state index contributed by atoms with van der Waals surface area (Å²) in [5.74, 6) is 0.408. The quantitative estimate of drug-likeness (QED) is 0.875. The summed E-state index contributed by atoms with van der Waals surface area (Å²) in [6.45, 7) is 0. The molecule has 0 saturated heterocycles. The van der Waals surface area contributed by atoms with E-state index in [1.54, 1.807) is 0 Å². The molecule has 2 aromatic rings. The number of nitrogen functional groups attached to an aromatic ring is 1. The summed E-state index contributed by atoms with van der Waals surface area (Å²) < 4.78 is 29.5. The fourth-order valence-corrected chi connectivity index (χ4v) is 1.74. The first-order valence-corrected chi connectivity index (χ1v) is 5.98. The second kappa shape index (κ2) is 6.01. The Kier molecular flexibility index (Phi) is 4.14. The van der Waals surface area contributed by atoms with Crippen molar-refractivity contribution in [2.24, 2.45) is 0 Å². The predicted molar refractivity (Wildman–Crippen MR) is 75.1 cm³/mol. The van der Waals surface area contributed by atoms with Gasteiger partial charge in [0.25, 0.3) is 0 Å². The van der Waals surface area contributed by atoms with Crippen LogP contribution in [0.3, 0.4) is 0 Å². The first-order valence-electron chi connectivity index (χ1n) is 5.98. The average molecular weight is 288 g/mol. The van der Waals surface area contributed by atoms with E-state index in [9.17, 15) is 4.39 Å². The molecule has 0 spiro atoms. The van der Waals surface area contributed by atoms with E-state index < -0.39 is 5.82 Å². The van der Waals surface area contributed by atoms with Crippen LogP contribution in [0.2, 0.25) is 0 Å². The average Bonchev–Trinajstić information content (AvgIpc) is 2.50. The topological polar surface area (TPSA) is 77.5 Å². The smallest absolute Gasteiger partial charge is 0.167 e. The summed E-state index contributed by atoms with van der Waals surface area (Å²) in [6.07, 6.45) is 0. The molecule has 0 fully saturated rings. The second-order valence-corrected chi connectivity index (χ2v) is 4.10. The summed E-state index contributed by atoms with van der Waals surface area (Å²) >= 11 is 0. The zero-order valence-electron chi connectivity index (χ0n) is 11.5. The van der Waals surface area contributed by atoms with Crippen LogP contribution in [0.1, 0.15) is 5.56 Å². The maximum Gasteiger partial charge on any atom is 0.167 e. The number of hydrogen-bond donors (Lipinski definition) is 1. The lowest BCUT2D eigenvalue weighted by atomic mass is 10.2. The number of nitriles is 1. The van der Waals surface area contributed by atoms with Crippen molar-refractivity contribution >= 4 is 5.69 Å². The largest absolute Gasteiger partial charge is 0.493 e. The molecule has 0 aliphatic heterocycles. The number of hydrogen-bond acceptors (Lipinski definition) is 5. The second-order valence-electron chi connectivity index (χ2n) is 4.10. The van der Waals surface area contributed by atoms with Gasteiger partial charge in [0.05, 0.1) is 31.5 Å². The van der Waals surface area contributed by atoms with Gasteiger partial charge in [-0.15, -0.1) is 0 Å². The molecule has 5 nitrogen and oxygen atoms in total. The highest BCUT2D eigenvalue weighted by molar-refractivity contribution is 5.63. The first-order chi connectivity index (χ1) is 10.1. The van der Waals surface area contributed by atoms with Crippen molar-refractivity contribution in [2.75, 3.05) is 20.0 Å². The van der Waals surface area contributed by atoms with Crippen molar-refractivity contribution in [3.63, 3.8) is 0 Å². The number of halogens is 1. The molecule has 21 heavy (non-hydrogen) atoms. The van der Waals surface area contributed by atoms with Gasteiger partial charge in [0.2, 0.25) is 0 Å². The number of nitrogens with zero attached hydrogens (tertiary/aromatic N) is 1. The summed E-state index contributed by atoms with van der Waals surface area (Å²) in [4.78, 5) is 0. The Labute approximate surface area is 121 Å². The Morgan fingerprint density at radius 1 is 1.00 bits per heavy atom. The lowest BCUT2D eigenvalue weighted by Crippen LogP contribution is -1.98. The van der Waals surface area contributed by atoms with Crippen LogP contribution < -0.4 is 19.9 Å². The minimum Gasteiger partial charge on any atom is -0.493 e. The maximum absolute atomic E-state index is 13.8. The maximum atomic E-state index is 13.8. The van der Waals surface area contributed by atoms with Gasteiger partial charge in [0, 0.05) is 12.1 Å². The molecule has 2 aromatic carbocycles. The van der Waals surface area contributed by atoms with Gasteiger partial charge in [-0.3, -0.25) is 0 Å². The zero-order valence-corrected chi connectivity index (χ0v) is 11.5. The molecule has 6 heteroatoms. The Morgan fingerprint density at radius 2 is 1.67 bits per heavy atom.